The highest BCUT2D eigenvalue weighted by Crippen LogP contribution is 2.19. The van der Waals surface area contributed by atoms with Gasteiger partial charge in [-0.1, -0.05) is 12.1 Å². The van der Waals surface area contributed by atoms with E-state index in [0.717, 1.165) is 4.90 Å². The van der Waals surface area contributed by atoms with Crippen LogP contribution in [0.4, 0.5) is 17.6 Å². The van der Waals surface area contributed by atoms with Gasteiger partial charge in [0.2, 0.25) is 0 Å². The van der Waals surface area contributed by atoms with Crippen molar-refractivity contribution in [1.82, 2.24) is 9.80 Å². The van der Waals surface area contributed by atoms with Crippen molar-refractivity contribution in [3.63, 3.8) is 0 Å². The Morgan fingerprint density at radius 3 is 2.27 bits per heavy atom. The molecule has 1 aromatic carbocycles. The van der Waals surface area contributed by atoms with Crippen LogP contribution >= 0.6 is 0 Å². The molecule has 0 N–H and O–H groups in total. The number of carbonyl (C=O) groups is 2. The van der Waals surface area contributed by atoms with Crippen molar-refractivity contribution in [2.75, 3.05) is 39.3 Å². The minimum atomic E-state index is -4.85. The Hall–Kier alpha value is -2.42. The van der Waals surface area contributed by atoms with Gasteiger partial charge in [0.25, 0.3) is 0 Å². The first-order valence-electron chi connectivity index (χ1n) is 7.94. The molecule has 5 nitrogen and oxygen atoms in total. The molecule has 2 rings (SSSR count). The summed E-state index contributed by atoms with van der Waals surface area (Å²) in [5.74, 6) is -2.77. The topological polar surface area (TPSA) is 49.9 Å². The Balaban J connectivity index is 1.66. The lowest BCUT2D eigenvalue weighted by Gasteiger charge is -2.34. The molecule has 9 heteroatoms. The first-order chi connectivity index (χ1) is 12.3. The Kier molecular flexibility index (Phi) is 6.73. The molecule has 1 amide bonds. The lowest BCUT2D eigenvalue weighted by molar-refractivity contribution is -0.187. The summed E-state index contributed by atoms with van der Waals surface area (Å²) in [4.78, 5) is 25.3. The molecule has 1 saturated heterocycles. The average Bonchev–Trinajstić information content (AvgIpc) is 2.60. The number of benzene rings is 1. The average molecular weight is 374 g/mol. The number of ether oxygens (including phenoxy) is 1. The van der Waals surface area contributed by atoms with E-state index in [1.807, 2.05) is 4.90 Å². The zero-order chi connectivity index (χ0) is 19.2. The van der Waals surface area contributed by atoms with Crippen LogP contribution in [0.25, 0.3) is 6.08 Å². The second-order valence-corrected chi connectivity index (χ2v) is 5.68. The Morgan fingerprint density at radius 2 is 1.69 bits per heavy atom. The second kappa shape index (κ2) is 8.79. The summed E-state index contributed by atoms with van der Waals surface area (Å²) >= 11 is 0. The van der Waals surface area contributed by atoms with E-state index >= 15 is 0 Å². The Labute approximate surface area is 147 Å². The fourth-order valence-corrected chi connectivity index (χ4v) is 2.42. The molecule has 1 aliphatic heterocycles. The van der Waals surface area contributed by atoms with E-state index < -0.39 is 18.1 Å². The van der Waals surface area contributed by atoms with E-state index in [1.165, 1.54) is 36.4 Å². The van der Waals surface area contributed by atoms with Gasteiger partial charge >= 0.3 is 18.1 Å². The van der Waals surface area contributed by atoms with Gasteiger partial charge in [0.15, 0.2) is 0 Å². The molecule has 0 spiro atoms. The van der Waals surface area contributed by atoms with E-state index in [9.17, 15) is 27.2 Å². The largest absolute Gasteiger partial charge is 0.471 e. The van der Waals surface area contributed by atoms with Crippen LogP contribution in [0.2, 0.25) is 0 Å². The predicted molar refractivity (Wildman–Crippen MR) is 85.5 cm³/mol. The zero-order valence-corrected chi connectivity index (χ0v) is 13.8. The van der Waals surface area contributed by atoms with Crippen molar-refractivity contribution in [3.05, 3.63) is 41.7 Å². The highest BCUT2D eigenvalue weighted by Gasteiger charge is 2.43. The maximum absolute atomic E-state index is 12.8. The number of hydrogen-bond acceptors (Lipinski definition) is 4. The zero-order valence-electron chi connectivity index (χ0n) is 13.8. The molecular formula is C17H18F4N2O3. The highest BCUT2D eigenvalue weighted by molar-refractivity contribution is 5.87. The molecule has 0 aliphatic carbocycles. The third-order valence-electron chi connectivity index (χ3n) is 3.84. The number of carbonyl (C=O) groups excluding carboxylic acids is 2. The fraction of sp³-hybridized carbons (Fsp3) is 0.412. The quantitative estimate of drug-likeness (QED) is 0.450. The molecule has 1 fully saturated rings. The summed E-state index contributed by atoms with van der Waals surface area (Å²) in [6.07, 6.45) is -2.15. The molecule has 1 aliphatic rings. The van der Waals surface area contributed by atoms with Gasteiger partial charge in [-0.15, -0.1) is 0 Å². The van der Waals surface area contributed by atoms with Crippen LogP contribution in [0, 0.1) is 5.82 Å². The van der Waals surface area contributed by atoms with Gasteiger partial charge in [-0.25, -0.2) is 9.18 Å². The lowest BCUT2D eigenvalue weighted by atomic mass is 10.2. The van der Waals surface area contributed by atoms with Crippen LogP contribution in [0.3, 0.4) is 0 Å². The SMILES string of the molecule is O=C(/C=C/c1ccc(F)cc1)OCCN1CCN(C(=O)C(F)(F)F)CC1. The fourth-order valence-electron chi connectivity index (χ4n) is 2.42. The number of halogens is 4. The smallest absolute Gasteiger partial charge is 0.461 e. The van der Waals surface area contributed by atoms with Gasteiger partial charge in [-0.05, 0) is 23.8 Å². The molecule has 0 aromatic heterocycles. The predicted octanol–water partition coefficient (Wildman–Crippen LogP) is 2.09. The van der Waals surface area contributed by atoms with Crippen LogP contribution in [0.15, 0.2) is 30.3 Å². The molecule has 0 bridgehead atoms. The van der Waals surface area contributed by atoms with E-state index in [2.05, 4.69) is 0 Å². The molecule has 0 unspecified atom stereocenters. The van der Waals surface area contributed by atoms with Crippen molar-refractivity contribution in [2.45, 2.75) is 6.18 Å². The second-order valence-electron chi connectivity index (χ2n) is 5.68. The van der Waals surface area contributed by atoms with Crippen molar-refractivity contribution < 1.29 is 31.9 Å². The summed E-state index contributed by atoms with van der Waals surface area (Å²) in [6.45, 7) is 0.979. The van der Waals surface area contributed by atoms with Crippen molar-refractivity contribution in [3.8, 4) is 0 Å². The molecule has 0 atom stereocenters. The number of esters is 1. The number of amides is 1. The van der Waals surface area contributed by atoms with Crippen molar-refractivity contribution in [2.24, 2.45) is 0 Å². The van der Waals surface area contributed by atoms with Gasteiger partial charge in [0.05, 0.1) is 0 Å². The Morgan fingerprint density at radius 1 is 1.08 bits per heavy atom. The molecular weight excluding hydrogens is 356 g/mol. The third kappa shape index (κ3) is 6.14. The monoisotopic (exact) mass is 374 g/mol. The molecule has 1 heterocycles. The first-order valence-corrected chi connectivity index (χ1v) is 7.94. The minimum Gasteiger partial charge on any atom is -0.461 e. The number of piperazine rings is 1. The summed E-state index contributed by atoms with van der Waals surface area (Å²) in [5.41, 5.74) is 0.647. The molecule has 26 heavy (non-hydrogen) atoms. The highest BCUT2D eigenvalue weighted by atomic mass is 19.4. The summed E-state index contributed by atoms with van der Waals surface area (Å²) in [5, 5.41) is 0. The van der Waals surface area contributed by atoms with Crippen LogP contribution in [0.5, 0.6) is 0 Å². The standard InChI is InChI=1S/C17H18F4N2O3/c18-14-4-1-13(2-5-14)3-6-15(24)26-12-11-22-7-9-23(10-8-22)16(25)17(19,20)21/h1-6H,7-12H2/b6-3+. The summed E-state index contributed by atoms with van der Waals surface area (Å²) < 4.78 is 54.8. The van der Waals surface area contributed by atoms with Crippen LogP contribution in [-0.4, -0.2) is 67.2 Å². The van der Waals surface area contributed by atoms with Crippen molar-refractivity contribution >= 4 is 18.0 Å². The maximum atomic E-state index is 12.8. The van der Waals surface area contributed by atoms with Crippen LogP contribution in [-0.2, 0) is 14.3 Å². The summed E-state index contributed by atoms with van der Waals surface area (Å²) in [6, 6.07) is 5.57. The van der Waals surface area contributed by atoms with Gasteiger partial charge in [0, 0.05) is 38.8 Å². The number of rotatable bonds is 5. The molecule has 142 valence electrons. The van der Waals surface area contributed by atoms with Gasteiger partial charge in [-0.2, -0.15) is 13.2 Å². The summed E-state index contributed by atoms with van der Waals surface area (Å²) in [7, 11) is 0. The van der Waals surface area contributed by atoms with E-state index in [4.69, 9.17) is 4.74 Å². The lowest BCUT2D eigenvalue weighted by Crippen LogP contribution is -2.52. The molecule has 0 radical (unpaired) electrons. The van der Waals surface area contributed by atoms with Crippen LogP contribution in [0.1, 0.15) is 5.56 Å². The van der Waals surface area contributed by atoms with E-state index in [1.54, 1.807) is 0 Å². The normalized spacial score (nSPS) is 16.1. The maximum Gasteiger partial charge on any atom is 0.471 e. The minimum absolute atomic E-state index is 0.0171. The van der Waals surface area contributed by atoms with Crippen LogP contribution < -0.4 is 0 Å². The van der Waals surface area contributed by atoms with E-state index in [-0.39, 0.29) is 38.6 Å². The first kappa shape index (κ1) is 19.9. The van der Waals surface area contributed by atoms with E-state index in [0.29, 0.717) is 12.1 Å². The number of alkyl halides is 3. The Bertz CT molecular complexity index is 651. The molecule has 0 saturated carbocycles. The third-order valence-corrected chi connectivity index (χ3v) is 3.84. The molecule has 1 aromatic rings. The van der Waals surface area contributed by atoms with Gasteiger partial charge in [-0.3, -0.25) is 9.69 Å². The van der Waals surface area contributed by atoms with Gasteiger partial charge in [0.1, 0.15) is 12.4 Å². The van der Waals surface area contributed by atoms with Gasteiger partial charge < -0.3 is 9.64 Å². The number of nitrogens with zero attached hydrogens (tertiary/aromatic N) is 2. The van der Waals surface area contributed by atoms with Crippen molar-refractivity contribution in [1.29, 1.82) is 0 Å². The number of hydrogen-bond donors (Lipinski definition) is 0.